The van der Waals surface area contributed by atoms with Gasteiger partial charge in [-0.15, -0.1) is 0 Å². The number of methoxy groups -OCH3 is 2. The first kappa shape index (κ1) is 34.1. The smallest absolute Gasteiger partial charge is 0.237 e. The average Bonchev–Trinajstić information content (AvgIpc) is 3.55. The van der Waals surface area contributed by atoms with E-state index in [1.54, 1.807) is 45.2 Å². The van der Waals surface area contributed by atoms with Crippen LogP contribution in [0, 0.1) is 0 Å². The van der Waals surface area contributed by atoms with E-state index >= 15 is 0 Å². The number of nitrogens with one attached hydrogen (secondary N) is 3. The zero-order valence-corrected chi connectivity index (χ0v) is 28.6. The van der Waals surface area contributed by atoms with Crippen LogP contribution in [0.4, 0.5) is 0 Å². The van der Waals surface area contributed by atoms with Crippen molar-refractivity contribution in [1.29, 1.82) is 0 Å². The highest BCUT2D eigenvalue weighted by molar-refractivity contribution is 6.39. The Morgan fingerprint density at radius 1 is 0.796 bits per heavy atom. The van der Waals surface area contributed by atoms with Crippen molar-refractivity contribution in [3.05, 3.63) is 94.5 Å². The monoisotopic (exact) mass is 699 g/mol. The van der Waals surface area contributed by atoms with Gasteiger partial charge in [0.15, 0.2) is 0 Å². The Bertz CT molecular complexity index is 1930. The number of ether oxygens (including phenoxy) is 2. The highest BCUT2D eigenvalue weighted by atomic mass is 35.5. The summed E-state index contributed by atoms with van der Waals surface area (Å²) in [5, 5.41) is 10.6. The van der Waals surface area contributed by atoms with Crippen LogP contribution in [0.15, 0.2) is 67.4 Å². The summed E-state index contributed by atoms with van der Waals surface area (Å²) in [6, 6.07) is 11.5. The molecular formula is C35H35Cl2N9O3. The van der Waals surface area contributed by atoms with Gasteiger partial charge in [-0.25, -0.2) is 9.97 Å². The molecule has 49 heavy (non-hydrogen) atoms. The number of carbonyl (C=O) groups excluding carboxylic acids is 1. The topological polar surface area (TPSA) is 149 Å². The zero-order chi connectivity index (χ0) is 34.2. The molecular weight excluding hydrogens is 665 g/mol. The average molecular weight is 701 g/mol. The molecule has 12 nitrogen and oxygen atoms in total. The van der Waals surface area contributed by atoms with Gasteiger partial charge in [-0.3, -0.25) is 24.7 Å². The number of nitrogens with zero attached hydrogens (tertiary/aromatic N) is 6. The number of hydrogen-bond acceptors (Lipinski definition) is 11. The van der Waals surface area contributed by atoms with E-state index in [1.807, 2.05) is 36.4 Å². The SMILES string of the molecule is COc1nc(-c2cccc(-c3cccc(-c4cnc(CNC[C@@H]5CCC(=O)N5)c(OC)n4)c3Cl)c2Cl)cnc1CNCCc1cnccn1. The molecule has 1 aliphatic heterocycles. The molecule has 3 N–H and O–H groups in total. The number of benzene rings is 2. The maximum absolute atomic E-state index is 11.5. The highest BCUT2D eigenvalue weighted by Gasteiger charge is 2.21. The largest absolute Gasteiger partial charge is 0.480 e. The van der Waals surface area contributed by atoms with Crippen molar-refractivity contribution in [2.45, 2.75) is 38.4 Å². The normalized spacial score (nSPS) is 14.1. The summed E-state index contributed by atoms with van der Waals surface area (Å²) in [5.74, 6) is 0.875. The molecule has 0 radical (unpaired) electrons. The van der Waals surface area contributed by atoms with Gasteiger partial charge in [0.1, 0.15) is 11.4 Å². The first-order valence-corrected chi connectivity index (χ1v) is 16.5. The Balaban J connectivity index is 1.19. The zero-order valence-electron chi connectivity index (χ0n) is 27.0. The van der Waals surface area contributed by atoms with Crippen molar-refractivity contribution >= 4 is 29.1 Å². The van der Waals surface area contributed by atoms with Crippen LogP contribution >= 0.6 is 23.2 Å². The third-order valence-corrected chi connectivity index (χ3v) is 8.90. The van der Waals surface area contributed by atoms with Gasteiger partial charge < -0.3 is 25.4 Å². The fraction of sp³-hybridized carbons (Fsp3) is 0.286. The van der Waals surface area contributed by atoms with E-state index < -0.39 is 0 Å². The van der Waals surface area contributed by atoms with E-state index in [4.69, 9.17) is 42.6 Å². The van der Waals surface area contributed by atoms with Crippen molar-refractivity contribution < 1.29 is 14.3 Å². The van der Waals surface area contributed by atoms with Gasteiger partial charge in [-0.2, -0.15) is 0 Å². The predicted octanol–water partition coefficient (Wildman–Crippen LogP) is 5.08. The van der Waals surface area contributed by atoms with Crippen LogP contribution in [0.25, 0.3) is 33.6 Å². The minimum atomic E-state index is 0.0825. The van der Waals surface area contributed by atoms with Crippen LogP contribution in [0.2, 0.25) is 10.0 Å². The van der Waals surface area contributed by atoms with E-state index in [2.05, 4.69) is 35.9 Å². The second-order valence-corrected chi connectivity index (χ2v) is 12.1. The van der Waals surface area contributed by atoms with E-state index in [0.29, 0.717) is 88.3 Å². The molecule has 252 valence electrons. The lowest BCUT2D eigenvalue weighted by atomic mass is 9.98. The first-order valence-electron chi connectivity index (χ1n) is 15.8. The summed E-state index contributed by atoms with van der Waals surface area (Å²) in [6.45, 7) is 2.24. The molecule has 4 heterocycles. The first-order chi connectivity index (χ1) is 23.9. The number of halogens is 2. The van der Waals surface area contributed by atoms with Gasteiger partial charge in [-0.1, -0.05) is 59.6 Å². The molecule has 14 heteroatoms. The van der Waals surface area contributed by atoms with Crippen LogP contribution in [0.1, 0.15) is 29.9 Å². The van der Waals surface area contributed by atoms with Crippen LogP contribution in [0.3, 0.4) is 0 Å². The van der Waals surface area contributed by atoms with Crippen LogP contribution in [-0.4, -0.2) is 69.2 Å². The van der Waals surface area contributed by atoms with E-state index in [9.17, 15) is 4.79 Å². The Morgan fingerprint density at radius 3 is 1.92 bits per heavy atom. The lowest BCUT2D eigenvalue weighted by molar-refractivity contribution is -0.119. The molecule has 0 spiro atoms. The van der Waals surface area contributed by atoms with Crippen LogP contribution in [0.5, 0.6) is 11.8 Å². The third kappa shape index (κ3) is 8.11. The Labute approximate surface area is 294 Å². The molecule has 5 aromatic rings. The van der Waals surface area contributed by atoms with Crippen LogP contribution in [-0.2, 0) is 24.3 Å². The summed E-state index contributed by atoms with van der Waals surface area (Å²) in [5.41, 5.74) is 6.16. The molecule has 1 aliphatic rings. The molecule has 3 aromatic heterocycles. The summed E-state index contributed by atoms with van der Waals surface area (Å²) in [7, 11) is 3.12. The number of carbonyl (C=O) groups is 1. The van der Waals surface area contributed by atoms with Gasteiger partial charge in [0.25, 0.3) is 0 Å². The van der Waals surface area contributed by atoms with E-state index in [-0.39, 0.29) is 11.9 Å². The molecule has 0 unspecified atom stereocenters. The summed E-state index contributed by atoms with van der Waals surface area (Å²) in [4.78, 5) is 38.6. The second-order valence-electron chi connectivity index (χ2n) is 11.3. The fourth-order valence-corrected chi connectivity index (χ4v) is 6.23. The summed E-state index contributed by atoms with van der Waals surface area (Å²) >= 11 is 14.1. The maximum Gasteiger partial charge on any atom is 0.237 e. The predicted molar refractivity (Wildman–Crippen MR) is 187 cm³/mol. The summed E-state index contributed by atoms with van der Waals surface area (Å²) in [6.07, 6.45) is 10.6. The van der Waals surface area contributed by atoms with Gasteiger partial charge in [0.05, 0.1) is 53.7 Å². The van der Waals surface area contributed by atoms with E-state index in [0.717, 1.165) is 29.7 Å². The fourth-order valence-electron chi connectivity index (χ4n) is 5.58. The summed E-state index contributed by atoms with van der Waals surface area (Å²) < 4.78 is 11.2. The molecule has 2 aromatic carbocycles. The molecule has 0 aliphatic carbocycles. The molecule has 0 bridgehead atoms. The molecule has 1 fully saturated rings. The molecule has 1 atom stereocenters. The number of aromatic nitrogens is 6. The van der Waals surface area contributed by atoms with Crippen molar-refractivity contribution in [3.63, 3.8) is 0 Å². The highest BCUT2D eigenvalue weighted by Crippen LogP contribution is 2.42. The molecule has 6 rings (SSSR count). The Kier molecular flexibility index (Phi) is 11.2. The molecule has 1 saturated heterocycles. The van der Waals surface area contributed by atoms with Crippen molar-refractivity contribution in [1.82, 2.24) is 45.9 Å². The standard InChI is InChI=1S/C35H35Cl2N9O3/c1-48-34-29(17-38-12-11-21-15-39-13-14-41-21)42-19-27(45-34)25-7-3-5-23(32(25)36)24-6-4-8-26(33(24)37)28-20-43-30(35(46-28)49-2)18-40-16-22-9-10-31(47)44-22/h3-8,13-15,19-20,22,38,40H,9-12,16-18H2,1-2H3,(H,44,47)/t22-/m0/s1. The quantitative estimate of drug-likeness (QED) is 0.133. The van der Waals surface area contributed by atoms with Crippen molar-refractivity contribution in [2.24, 2.45) is 0 Å². The maximum atomic E-state index is 11.5. The number of amides is 1. The number of rotatable bonds is 14. The molecule has 1 amide bonds. The van der Waals surface area contributed by atoms with Gasteiger partial charge in [-0.05, 0) is 6.42 Å². The Morgan fingerprint density at radius 2 is 1.39 bits per heavy atom. The molecule has 0 saturated carbocycles. The van der Waals surface area contributed by atoms with Crippen molar-refractivity contribution in [2.75, 3.05) is 27.3 Å². The number of hydrogen-bond donors (Lipinski definition) is 3. The Hall–Kier alpha value is -4.75. The van der Waals surface area contributed by atoms with Gasteiger partial charge >= 0.3 is 0 Å². The van der Waals surface area contributed by atoms with Gasteiger partial charge in [0.2, 0.25) is 17.7 Å². The lowest BCUT2D eigenvalue weighted by Crippen LogP contribution is -2.35. The van der Waals surface area contributed by atoms with E-state index in [1.165, 1.54) is 0 Å². The third-order valence-electron chi connectivity index (χ3n) is 8.08. The van der Waals surface area contributed by atoms with Gasteiger partial charge in [0, 0.05) is 85.9 Å². The minimum Gasteiger partial charge on any atom is -0.480 e. The lowest BCUT2D eigenvalue weighted by Gasteiger charge is -2.15. The minimum absolute atomic E-state index is 0.0825. The second kappa shape index (κ2) is 16.1. The van der Waals surface area contributed by atoms with Crippen molar-refractivity contribution in [3.8, 4) is 45.4 Å². The van der Waals surface area contributed by atoms with Crippen LogP contribution < -0.4 is 25.4 Å².